The number of carbonyl (C=O) groups is 1. The van der Waals surface area contributed by atoms with Crippen LogP contribution in [0.4, 0.5) is 11.4 Å². The lowest BCUT2D eigenvalue weighted by Crippen LogP contribution is -2.45. The first-order valence-corrected chi connectivity index (χ1v) is 7.20. The van der Waals surface area contributed by atoms with E-state index in [1.54, 1.807) is 4.90 Å². The number of hydrogen-bond donors (Lipinski definition) is 2. The number of benzene rings is 1. The molecule has 2 atom stereocenters. The predicted molar refractivity (Wildman–Crippen MR) is 78.2 cm³/mol. The number of anilines is 2. The van der Waals surface area contributed by atoms with Gasteiger partial charge in [-0.1, -0.05) is 0 Å². The lowest BCUT2D eigenvalue weighted by atomic mass is 9.90. The molecule has 3 rings (SSSR count). The van der Waals surface area contributed by atoms with Crippen LogP contribution in [-0.4, -0.2) is 24.6 Å². The summed E-state index contributed by atoms with van der Waals surface area (Å²) in [5.41, 5.74) is 14.3. The van der Waals surface area contributed by atoms with Gasteiger partial charge in [0.25, 0.3) is 0 Å². The summed E-state index contributed by atoms with van der Waals surface area (Å²) in [5.74, 6) is 0.170. The molecule has 1 saturated carbocycles. The lowest BCUT2D eigenvalue weighted by molar-refractivity contribution is -0.117. The third-order valence-electron chi connectivity index (χ3n) is 4.11. The number of carbonyl (C=O) groups excluding carboxylic acids is 1. The van der Waals surface area contributed by atoms with Gasteiger partial charge in [0.05, 0.1) is 12.7 Å². The summed E-state index contributed by atoms with van der Waals surface area (Å²) in [5, 5.41) is 0. The van der Waals surface area contributed by atoms with E-state index in [4.69, 9.17) is 16.2 Å². The van der Waals surface area contributed by atoms with E-state index in [-0.39, 0.29) is 18.1 Å². The highest BCUT2D eigenvalue weighted by atomic mass is 16.5. The van der Waals surface area contributed by atoms with Crippen LogP contribution in [0.15, 0.2) is 18.2 Å². The molecule has 0 spiro atoms. The Labute approximate surface area is 118 Å². The maximum absolute atomic E-state index is 11.8. The fourth-order valence-electron chi connectivity index (χ4n) is 2.77. The van der Waals surface area contributed by atoms with Crippen LogP contribution in [0.3, 0.4) is 0 Å². The number of amides is 1. The molecule has 0 unspecified atom stereocenters. The number of nitrogens with zero attached hydrogens (tertiary/aromatic N) is 1. The van der Waals surface area contributed by atoms with E-state index < -0.39 is 0 Å². The molecule has 0 radical (unpaired) electrons. The third kappa shape index (κ3) is 2.64. The van der Waals surface area contributed by atoms with Crippen LogP contribution in [0.2, 0.25) is 0 Å². The molecule has 1 aromatic rings. The second kappa shape index (κ2) is 5.42. The number of hydrogen-bond acceptors (Lipinski definition) is 4. The minimum Gasteiger partial charge on any atom is -0.399 e. The molecule has 108 valence electrons. The van der Waals surface area contributed by atoms with Gasteiger partial charge in [-0.25, -0.2) is 0 Å². The van der Waals surface area contributed by atoms with Gasteiger partial charge < -0.3 is 21.1 Å². The molecule has 0 bridgehead atoms. The van der Waals surface area contributed by atoms with Crippen molar-refractivity contribution < 1.29 is 9.53 Å². The Bertz CT molecular complexity index is 518. The topological polar surface area (TPSA) is 81.6 Å². The van der Waals surface area contributed by atoms with Crippen LogP contribution in [0, 0.1) is 0 Å². The molecule has 0 aromatic heterocycles. The van der Waals surface area contributed by atoms with Gasteiger partial charge in [-0.2, -0.15) is 0 Å². The van der Waals surface area contributed by atoms with Crippen molar-refractivity contribution in [3.63, 3.8) is 0 Å². The molecule has 1 aliphatic carbocycles. The van der Waals surface area contributed by atoms with Gasteiger partial charge in [-0.3, -0.25) is 4.79 Å². The Morgan fingerprint density at radius 2 is 2.15 bits per heavy atom. The van der Waals surface area contributed by atoms with Crippen molar-refractivity contribution in [2.75, 3.05) is 17.2 Å². The minimum atomic E-state index is 0.160. The Morgan fingerprint density at radius 1 is 1.30 bits per heavy atom. The number of rotatable bonds is 4. The van der Waals surface area contributed by atoms with E-state index in [0.29, 0.717) is 18.7 Å². The summed E-state index contributed by atoms with van der Waals surface area (Å²) in [6.45, 7) is 1.27. The highest BCUT2D eigenvalue weighted by Gasteiger charge is 2.28. The summed E-state index contributed by atoms with van der Waals surface area (Å²) in [4.78, 5) is 13.6. The van der Waals surface area contributed by atoms with Crippen molar-refractivity contribution in [1.82, 2.24) is 0 Å². The van der Waals surface area contributed by atoms with E-state index in [0.717, 1.165) is 37.1 Å². The average molecular weight is 275 g/mol. The second-order valence-electron chi connectivity index (χ2n) is 5.67. The molecule has 2 aliphatic rings. The summed E-state index contributed by atoms with van der Waals surface area (Å²) in [6.07, 6.45) is 3.76. The summed E-state index contributed by atoms with van der Waals surface area (Å²) in [6, 6.07) is 5.90. The van der Waals surface area contributed by atoms with Crippen LogP contribution in [0.1, 0.15) is 31.2 Å². The summed E-state index contributed by atoms with van der Waals surface area (Å²) in [7, 11) is 0. The van der Waals surface area contributed by atoms with Gasteiger partial charge in [0, 0.05) is 30.4 Å². The summed E-state index contributed by atoms with van der Waals surface area (Å²) < 4.78 is 5.79. The van der Waals surface area contributed by atoms with E-state index in [9.17, 15) is 4.79 Å². The van der Waals surface area contributed by atoms with Crippen molar-refractivity contribution in [3.05, 3.63) is 23.8 Å². The third-order valence-corrected chi connectivity index (χ3v) is 4.11. The van der Waals surface area contributed by atoms with Crippen molar-refractivity contribution in [3.8, 4) is 0 Å². The molecular weight excluding hydrogens is 254 g/mol. The fourth-order valence-corrected chi connectivity index (χ4v) is 2.77. The largest absolute Gasteiger partial charge is 0.399 e. The maximum atomic E-state index is 11.8. The minimum absolute atomic E-state index is 0.160. The Hall–Kier alpha value is -1.59. The molecule has 4 N–H and O–H groups in total. The van der Waals surface area contributed by atoms with Crippen LogP contribution in [0.5, 0.6) is 0 Å². The molecule has 20 heavy (non-hydrogen) atoms. The van der Waals surface area contributed by atoms with Crippen LogP contribution in [-0.2, 0) is 16.1 Å². The van der Waals surface area contributed by atoms with Gasteiger partial charge in [-0.05, 0) is 43.0 Å². The first-order chi connectivity index (χ1) is 9.63. The average Bonchev–Trinajstić information content (AvgIpc) is 2.83. The van der Waals surface area contributed by atoms with Gasteiger partial charge in [-0.15, -0.1) is 0 Å². The van der Waals surface area contributed by atoms with Crippen molar-refractivity contribution in [2.24, 2.45) is 5.73 Å². The standard InChI is InChI=1S/C15H21N3O2/c16-11-6-10(9-20-14-4-3-13(14)17)7-12(8-11)18-5-1-2-15(18)19/h6-8,13-14H,1-5,9,16-17H2/t13-,14-/m1/s1. The zero-order chi connectivity index (χ0) is 14.1. The van der Waals surface area contributed by atoms with Crippen LogP contribution < -0.4 is 16.4 Å². The van der Waals surface area contributed by atoms with Crippen molar-refractivity contribution >= 4 is 17.3 Å². The highest BCUT2D eigenvalue weighted by Crippen LogP contribution is 2.27. The second-order valence-corrected chi connectivity index (χ2v) is 5.67. The predicted octanol–water partition coefficient (Wildman–Crippen LogP) is 1.40. The van der Waals surface area contributed by atoms with Gasteiger partial charge >= 0.3 is 0 Å². The number of nitrogen functional groups attached to an aromatic ring is 1. The van der Waals surface area contributed by atoms with Crippen LogP contribution in [0.25, 0.3) is 0 Å². The van der Waals surface area contributed by atoms with Gasteiger partial charge in [0.15, 0.2) is 0 Å². The van der Waals surface area contributed by atoms with E-state index in [1.165, 1.54) is 0 Å². The maximum Gasteiger partial charge on any atom is 0.227 e. The number of ether oxygens (including phenoxy) is 1. The van der Waals surface area contributed by atoms with E-state index in [1.807, 2.05) is 18.2 Å². The zero-order valence-corrected chi connectivity index (χ0v) is 11.5. The SMILES string of the molecule is Nc1cc(CO[C@@H]2CC[C@H]2N)cc(N2CCCC2=O)c1. The van der Waals surface area contributed by atoms with Crippen molar-refractivity contribution in [2.45, 2.75) is 44.4 Å². The smallest absolute Gasteiger partial charge is 0.227 e. The Morgan fingerprint density at radius 3 is 2.75 bits per heavy atom. The Balaban J connectivity index is 1.71. The molecule has 5 heteroatoms. The Kier molecular flexibility index (Phi) is 3.63. The lowest BCUT2D eigenvalue weighted by Gasteiger charge is -2.33. The molecular formula is C15H21N3O2. The van der Waals surface area contributed by atoms with E-state index >= 15 is 0 Å². The highest BCUT2D eigenvalue weighted by molar-refractivity contribution is 5.95. The van der Waals surface area contributed by atoms with Crippen molar-refractivity contribution in [1.29, 1.82) is 0 Å². The molecule has 1 aromatic carbocycles. The summed E-state index contributed by atoms with van der Waals surface area (Å²) >= 11 is 0. The van der Waals surface area contributed by atoms with E-state index in [2.05, 4.69) is 0 Å². The molecule has 1 amide bonds. The molecule has 1 saturated heterocycles. The zero-order valence-electron chi connectivity index (χ0n) is 11.5. The number of nitrogens with two attached hydrogens (primary N) is 2. The molecule has 1 heterocycles. The first kappa shape index (κ1) is 13.4. The normalized spacial score (nSPS) is 25.9. The van der Waals surface area contributed by atoms with Gasteiger partial charge in [0.2, 0.25) is 5.91 Å². The fraction of sp³-hybridized carbons (Fsp3) is 0.533. The van der Waals surface area contributed by atoms with Crippen LogP contribution >= 0.6 is 0 Å². The van der Waals surface area contributed by atoms with Gasteiger partial charge in [0.1, 0.15) is 0 Å². The molecule has 1 aliphatic heterocycles. The molecule has 2 fully saturated rings. The monoisotopic (exact) mass is 275 g/mol. The quantitative estimate of drug-likeness (QED) is 0.814. The first-order valence-electron chi connectivity index (χ1n) is 7.20. The molecule has 5 nitrogen and oxygen atoms in total.